The van der Waals surface area contributed by atoms with E-state index < -0.39 is 0 Å². The van der Waals surface area contributed by atoms with Crippen LogP contribution in [0.5, 0.6) is 5.75 Å². The van der Waals surface area contributed by atoms with Crippen molar-refractivity contribution < 1.29 is 9.90 Å². The van der Waals surface area contributed by atoms with Crippen molar-refractivity contribution in [2.45, 2.75) is 6.92 Å². The van der Waals surface area contributed by atoms with Crippen LogP contribution in [0, 0.1) is 6.92 Å². The van der Waals surface area contributed by atoms with Gasteiger partial charge in [-0.2, -0.15) is 0 Å². The number of amides is 1. The molecule has 0 heterocycles. The highest BCUT2D eigenvalue weighted by Crippen LogP contribution is 2.20. The van der Waals surface area contributed by atoms with E-state index in [2.05, 4.69) is 5.32 Å². The van der Waals surface area contributed by atoms with Crippen LogP contribution in [0.2, 0.25) is 0 Å². The zero-order valence-corrected chi connectivity index (χ0v) is 9.95. The first-order valence-electron chi connectivity index (χ1n) is 5.26. The van der Waals surface area contributed by atoms with Crippen LogP contribution in [0.15, 0.2) is 18.2 Å². The minimum atomic E-state index is -0.0661. The first-order chi connectivity index (χ1) is 7.57. The van der Waals surface area contributed by atoms with Crippen LogP contribution in [0.25, 0.3) is 0 Å². The molecule has 0 aliphatic heterocycles. The number of nitrogens with one attached hydrogen (secondary N) is 1. The Morgan fingerprint density at radius 3 is 2.81 bits per heavy atom. The maximum atomic E-state index is 12.0. The van der Waals surface area contributed by atoms with Crippen LogP contribution < -0.4 is 5.32 Å². The zero-order chi connectivity index (χ0) is 12.1. The molecule has 4 heteroatoms. The molecule has 0 unspecified atom stereocenters. The van der Waals surface area contributed by atoms with E-state index in [1.807, 2.05) is 7.05 Å². The van der Waals surface area contributed by atoms with Gasteiger partial charge in [0.05, 0.1) is 0 Å². The van der Waals surface area contributed by atoms with Gasteiger partial charge in [0.15, 0.2) is 0 Å². The van der Waals surface area contributed by atoms with Crippen LogP contribution in [0.3, 0.4) is 0 Å². The predicted octanol–water partition coefficient (Wildman–Crippen LogP) is 0.992. The molecule has 0 bridgehead atoms. The molecule has 1 aromatic carbocycles. The van der Waals surface area contributed by atoms with E-state index >= 15 is 0 Å². The number of nitrogens with zero attached hydrogens (tertiary/aromatic N) is 1. The SMILES string of the molecule is CNCCN(C)C(=O)c1cccc(O)c1C. The number of carbonyl (C=O) groups is 1. The van der Waals surface area contributed by atoms with Gasteiger partial charge < -0.3 is 15.3 Å². The summed E-state index contributed by atoms with van der Waals surface area (Å²) in [5, 5.41) is 12.5. The van der Waals surface area contributed by atoms with E-state index in [-0.39, 0.29) is 11.7 Å². The van der Waals surface area contributed by atoms with E-state index in [1.54, 1.807) is 37.1 Å². The molecule has 0 atom stereocenters. The third kappa shape index (κ3) is 2.73. The summed E-state index contributed by atoms with van der Waals surface area (Å²) in [7, 11) is 3.60. The standard InChI is InChI=1S/C12H18N2O2/c1-9-10(5-4-6-11(9)15)12(16)14(3)8-7-13-2/h4-6,13,15H,7-8H2,1-3H3. The Morgan fingerprint density at radius 1 is 1.50 bits per heavy atom. The lowest BCUT2D eigenvalue weighted by molar-refractivity contribution is 0.0795. The first-order valence-corrected chi connectivity index (χ1v) is 5.26. The number of rotatable bonds is 4. The van der Waals surface area contributed by atoms with Gasteiger partial charge in [-0.1, -0.05) is 6.07 Å². The molecule has 0 aliphatic carbocycles. The second-order valence-corrected chi connectivity index (χ2v) is 3.78. The summed E-state index contributed by atoms with van der Waals surface area (Å²) < 4.78 is 0. The monoisotopic (exact) mass is 222 g/mol. The molecule has 1 aromatic rings. The van der Waals surface area contributed by atoms with Crippen LogP contribution in [0.1, 0.15) is 15.9 Å². The van der Waals surface area contributed by atoms with Crippen molar-refractivity contribution in [1.29, 1.82) is 0 Å². The van der Waals surface area contributed by atoms with E-state index in [0.717, 1.165) is 6.54 Å². The lowest BCUT2D eigenvalue weighted by atomic mass is 10.1. The van der Waals surface area contributed by atoms with Crippen molar-refractivity contribution in [2.75, 3.05) is 27.2 Å². The highest BCUT2D eigenvalue weighted by atomic mass is 16.3. The fourth-order valence-electron chi connectivity index (χ4n) is 1.44. The Kier molecular flexibility index (Phi) is 4.31. The molecule has 0 saturated carbocycles. The maximum absolute atomic E-state index is 12.0. The molecule has 2 N–H and O–H groups in total. The number of hydrogen-bond acceptors (Lipinski definition) is 3. The summed E-state index contributed by atoms with van der Waals surface area (Å²) >= 11 is 0. The van der Waals surface area contributed by atoms with Crippen molar-refractivity contribution in [2.24, 2.45) is 0 Å². The van der Waals surface area contributed by atoms with E-state index in [0.29, 0.717) is 17.7 Å². The molecule has 0 saturated heterocycles. The summed E-state index contributed by atoms with van der Waals surface area (Å²) in [4.78, 5) is 13.6. The molecule has 16 heavy (non-hydrogen) atoms. The Labute approximate surface area is 95.9 Å². The van der Waals surface area contributed by atoms with Crippen molar-refractivity contribution in [1.82, 2.24) is 10.2 Å². The van der Waals surface area contributed by atoms with Crippen LogP contribution in [-0.2, 0) is 0 Å². The van der Waals surface area contributed by atoms with Crippen molar-refractivity contribution in [3.63, 3.8) is 0 Å². The first kappa shape index (κ1) is 12.5. The second-order valence-electron chi connectivity index (χ2n) is 3.78. The third-order valence-corrected chi connectivity index (χ3v) is 2.58. The number of benzene rings is 1. The molecule has 0 aliphatic rings. The summed E-state index contributed by atoms with van der Waals surface area (Å²) in [6.45, 7) is 3.14. The Hall–Kier alpha value is -1.55. The van der Waals surface area contributed by atoms with Gasteiger partial charge in [-0.05, 0) is 26.1 Å². The van der Waals surface area contributed by atoms with Gasteiger partial charge in [0.25, 0.3) is 5.91 Å². The van der Waals surface area contributed by atoms with E-state index in [4.69, 9.17) is 0 Å². The normalized spacial score (nSPS) is 10.2. The number of phenolic OH excluding ortho intramolecular Hbond substituents is 1. The summed E-state index contributed by atoms with van der Waals surface area (Å²) in [5.74, 6) is 0.0940. The zero-order valence-electron chi connectivity index (χ0n) is 9.95. The molecule has 88 valence electrons. The average Bonchev–Trinajstić information content (AvgIpc) is 2.28. The lowest BCUT2D eigenvalue weighted by Gasteiger charge is -2.18. The molecule has 1 rings (SSSR count). The van der Waals surface area contributed by atoms with Crippen LogP contribution in [-0.4, -0.2) is 43.1 Å². The highest BCUT2D eigenvalue weighted by Gasteiger charge is 2.14. The van der Waals surface area contributed by atoms with Gasteiger partial charge in [0.1, 0.15) is 5.75 Å². The summed E-state index contributed by atoms with van der Waals surface area (Å²) in [6.07, 6.45) is 0. The quantitative estimate of drug-likeness (QED) is 0.799. The van der Waals surface area contributed by atoms with Gasteiger partial charge in [0, 0.05) is 31.3 Å². The summed E-state index contributed by atoms with van der Waals surface area (Å²) in [6, 6.07) is 4.99. The van der Waals surface area contributed by atoms with Gasteiger partial charge in [0.2, 0.25) is 0 Å². The molecule has 0 radical (unpaired) electrons. The van der Waals surface area contributed by atoms with Crippen molar-refractivity contribution in [3.8, 4) is 5.75 Å². The maximum Gasteiger partial charge on any atom is 0.254 e. The van der Waals surface area contributed by atoms with Crippen molar-refractivity contribution in [3.05, 3.63) is 29.3 Å². The number of hydrogen-bond donors (Lipinski definition) is 2. The average molecular weight is 222 g/mol. The van der Waals surface area contributed by atoms with Crippen LogP contribution in [0.4, 0.5) is 0 Å². The fourth-order valence-corrected chi connectivity index (χ4v) is 1.44. The summed E-state index contributed by atoms with van der Waals surface area (Å²) in [5.41, 5.74) is 1.18. The van der Waals surface area contributed by atoms with E-state index in [1.165, 1.54) is 0 Å². The van der Waals surface area contributed by atoms with E-state index in [9.17, 15) is 9.90 Å². The Balaban J connectivity index is 2.84. The number of aromatic hydroxyl groups is 1. The number of likely N-dealkylation sites (N-methyl/N-ethyl adjacent to an activating group) is 2. The number of carbonyl (C=O) groups excluding carboxylic acids is 1. The topological polar surface area (TPSA) is 52.6 Å². The Bertz CT molecular complexity index is 377. The lowest BCUT2D eigenvalue weighted by Crippen LogP contribution is -2.33. The van der Waals surface area contributed by atoms with Gasteiger partial charge in [-0.3, -0.25) is 4.79 Å². The third-order valence-electron chi connectivity index (χ3n) is 2.58. The fraction of sp³-hybridized carbons (Fsp3) is 0.417. The second kappa shape index (κ2) is 5.51. The molecule has 0 fully saturated rings. The van der Waals surface area contributed by atoms with Crippen molar-refractivity contribution >= 4 is 5.91 Å². The van der Waals surface area contributed by atoms with Crippen LogP contribution >= 0.6 is 0 Å². The Morgan fingerprint density at radius 2 is 2.19 bits per heavy atom. The smallest absolute Gasteiger partial charge is 0.254 e. The minimum absolute atomic E-state index is 0.0661. The minimum Gasteiger partial charge on any atom is -0.508 e. The molecular weight excluding hydrogens is 204 g/mol. The number of phenols is 1. The molecule has 4 nitrogen and oxygen atoms in total. The van der Waals surface area contributed by atoms with Gasteiger partial charge >= 0.3 is 0 Å². The highest BCUT2D eigenvalue weighted by molar-refractivity contribution is 5.96. The molecular formula is C12H18N2O2. The van der Waals surface area contributed by atoms with Gasteiger partial charge in [-0.15, -0.1) is 0 Å². The molecule has 0 aromatic heterocycles. The predicted molar refractivity (Wildman–Crippen MR) is 63.7 cm³/mol. The van der Waals surface area contributed by atoms with Gasteiger partial charge in [-0.25, -0.2) is 0 Å². The molecule has 1 amide bonds. The molecule has 0 spiro atoms. The largest absolute Gasteiger partial charge is 0.508 e.